The number of aliphatic hydroxyl groups is 1. The van der Waals surface area contributed by atoms with Crippen LogP contribution in [0.2, 0.25) is 0 Å². The minimum atomic E-state index is -3.27. The lowest BCUT2D eigenvalue weighted by Gasteiger charge is -2.29. The van der Waals surface area contributed by atoms with E-state index in [0.29, 0.717) is 6.61 Å². The molecule has 0 heterocycles. The quantitative estimate of drug-likeness (QED) is 0.724. The molecule has 0 unspecified atom stereocenters. The van der Waals surface area contributed by atoms with Gasteiger partial charge in [0.05, 0.1) is 31.8 Å². The van der Waals surface area contributed by atoms with Crippen molar-refractivity contribution < 1.29 is 23.4 Å². The van der Waals surface area contributed by atoms with E-state index in [-0.39, 0.29) is 13.2 Å². The van der Waals surface area contributed by atoms with Gasteiger partial charge >= 0.3 is 0 Å². The molecule has 26 heavy (non-hydrogen) atoms. The Morgan fingerprint density at radius 3 is 2.00 bits per heavy atom. The summed E-state index contributed by atoms with van der Waals surface area (Å²) in [6.45, 7) is 0.534. The molecule has 1 aliphatic carbocycles. The molecule has 0 aromatic heterocycles. The summed E-state index contributed by atoms with van der Waals surface area (Å²) in [6.07, 6.45) is -0.195. The Bertz CT molecular complexity index is 704. The van der Waals surface area contributed by atoms with Gasteiger partial charge in [-0.25, -0.2) is 8.78 Å². The minimum absolute atomic E-state index is 0.0129. The van der Waals surface area contributed by atoms with E-state index in [0.717, 1.165) is 17.2 Å². The predicted octanol–water partition coefficient (Wildman–Crippen LogP) is 3.97. The fourth-order valence-electron chi connectivity index (χ4n) is 2.95. The maximum absolute atomic E-state index is 14.3. The second-order valence-electron chi connectivity index (χ2n) is 6.37. The third kappa shape index (κ3) is 4.55. The van der Waals surface area contributed by atoms with Crippen molar-refractivity contribution in [1.82, 2.24) is 0 Å². The van der Waals surface area contributed by atoms with Crippen LogP contribution in [-0.2, 0) is 22.7 Å². The van der Waals surface area contributed by atoms with Crippen LogP contribution < -0.4 is 0 Å². The summed E-state index contributed by atoms with van der Waals surface area (Å²) in [5.41, 5.74) is 1.86. The zero-order valence-electron chi connectivity index (χ0n) is 14.3. The largest absolute Gasteiger partial charge is 0.383 e. The van der Waals surface area contributed by atoms with Crippen molar-refractivity contribution >= 4 is 0 Å². The number of halogens is 2. The molecule has 0 amide bonds. The molecule has 0 saturated heterocycles. The first-order chi connectivity index (χ1) is 12.6. The standard InChI is InChI=1S/C21H22F2O3/c22-21(23)18(11-12-20(21)24)19(26-14-17-9-5-2-6-10-17)15-25-13-16-7-3-1-4-8-16/h1-12,18-20,24H,13-15H2/t18-,19+,20+/m0/s1. The van der Waals surface area contributed by atoms with E-state index in [4.69, 9.17) is 9.47 Å². The van der Waals surface area contributed by atoms with Crippen LogP contribution in [0.4, 0.5) is 8.78 Å². The van der Waals surface area contributed by atoms with Gasteiger partial charge in [-0.3, -0.25) is 0 Å². The number of benzene rings is 2. The molecule has 3 atom stereocenters. The van der Waals surface area contributed by atoms with Gasteiger partial charge in [-0.15, -0.1) is 0 Å². The molecule has 0 spiro atoms. The smallest absolute Gasteiger partial charge is 0.285 e. The van der Waals surface area contributed by atoms with Crippen LogP contribution in [0.1, 0.15) is 11.1 Å². The van der Waals surface area contributed by atoms with Crippen molar-refractivity contribution in [3.8, 4) is 0 Å². The molecule has 0 saturated carbocycles. The number of aliphatic hydroxyl groups excluding tert-OH is 1. The molecule has 3 nitrogen and oxygen atoms in total. The van der Waals surface area contributed by atoms with Gasteiger partial charge in [0.1, 0.15) is 6.10 Å². The Kier molecular flexibility index (Phi) is 6.14. The topological polar surface area (TPSA) is 38.7 Å². The number of ether oxygens (including phenoxy) is 2. The summed E-state index contributed by atoms with van der Waals surface area (Å²) >= 11 is 0. The molecule has 0 bridgehead atoms. The maximum Gasteiger partial charge on any atom is 0.285 e. The number of alkyl halides is 2. The van der Waals surface area contributed by atoms with Crippen LogP contribution in [0.15, 0.2) is 72.8 Å². The Morgan fingerprint density at radius 2 is 1.46 bits per heavy atom. The van der Waals surface area contributed by atoms with Gasteiger partial charge in [0.15, 0.2) is 0 Å². The van der Waals surface area contributed by atoms with E-state index in [2.05, 4.69) is 0 Å². The van der Waals surface area contributed by atoms with Crippen molar-refractivity contribution in [3.63, 3.8) is 0 Å². The number of hydrogen-bond donors (Lipinski definition) is 1. The van der Waals surface area contributed by atoms with Crippen molar-refractivity contribution in [2.75, 3.05) is 6.61 Å². The van der Waals surface area contributed by atoms with E-state index in [1.165, 1.54) is 6.08 Å². The van der Waals surface area contributed by atoms with Gasteiger partial charge < -0.3 is 14.6 Å². The van der Waals surface area contributed by atoms with E-state index >= 15 is 0 Å². The Hall–Kier alpha value is -2.08. The lowest BCUT2D eigenvalue weighted by molar-refractivity contribution is -0.157. The second-order valence-corrected chi connectivity index (χ2v) is 6.37. The second kappa shape index (κ2) is 8.54. The molecule has 0 radical (unpaired) electrons. The third-order valence-corrected chi connectivity index (χ3v) is 4.44. The first-order valence-electron chi connectivity index (χ1n) is 8.59. The van der Waals surface area contributed by atoms with E-state index in [1.807, 2.05) is 60.7 Å². The fourth-order valence-corrected chi connectivity index (χ4v) is 2.95. The Labute approximate surface area is 151 Å². The first-order valence-corrected chi connectivity index (χ1v) is 8.59. The van der Waals surface area contributed by atoms with Crippen LogP contribution >= 0.6 is 0 Å². The molecule has 0 aliphatic heterocycles. The molecule has 2 aromatic rings. The third-order valence-electron chi connectivity index (χ3n) is 4.44. The maximum atomic E-state index is 14.3. The lowest BCUT2D eigenvalue weighted by Crippen LogP contribution is -2.43. The van der Waals surface area contributed by atoms with Crippen molar-refractivity contribution in [2.24, 2.45) is 5.92 Å². The molecule has 1 aliphatic rings. The fraction of sp³-hybridized carbons (Fsp3) is 0.333. The molecule has 138 valence electrons. The number of hydrogen-bond acceptors (Lipinski definition) is 3. The highest BCUT2D eigenvalue weighted by Crippen LogP contribution is 2.39. The van der Waals surface area contributed by atoms with Gasteiger partial charge in [-0.1, -0.05) is 72.8 Å². The minimum Gasteiger partial charge on any atom is -0.383 e. The zero-order chi connectivity index (χ0) is 18.4. The molecule has 1 N–H and O–H groups in total. The van der Waals surface area contributed by atoms with E-state index in [9.17, 15) is 13.9 Å². The van der Waals surface area contributed by atoms with Gasteiger partial charge in [-0.05, 0) is 11.1 Å². The molecule has 3 rings (SSSR count). The highest BCUT2D eigenvalue weighted by molar-refractivity contribution is 5.16. The summed E-state index contributed by atoms with van der Waals surface area (Å²) in [4.78, 5) is 0. The molecule has 2 aromatic carbocycles. The predicted molar refractivity (Wildman–Crippen MR) is 94.7 cm³/mol. The van der Waals surface area contributed by atoms with Crippen molar-refractivity contribution in [1.29, 1.82) is 0 Å². The summed E-state index contributed by atoms with van der Waals surface area (Å²) in [5, 5.41) is 9.53. The molecule has 5 heteroatoms. The van der Waals surface area contributed by atoms with Crippen LogP contribution in [-0.4, -0.2) is 29.8 Å². The number of rotatable bonds is 8. The van der Waals surface area contributed by atoms with E-state index < -0.39 is 24.0 Å². The Balaban J connectivity index is 1.64. The summed E-state index contributed by atoms with van der Waals surface area (Å²) in [5.74, 6) is -4.49. The van der Waals surface area contributed by atoms with Crippen LogP contribution in [0.3, 0.4) is 0 Å². The average Bonchev–Trinajstić information content (AvgIpc) is 2.93. The summed E-state index contributed by atoms with van der Waals surface area (Å²) in [7, 11) is 0. The van der Waals surface area contributed by atoms with Crippen LogP contribution in [0.25, 0.3) is 0 Å². The highest BCUT2D eigenvalue weighted by Gasteiger charge is 2.51. The first kappa shape index (κ1) is 18.7. The Morgan fingerprint density at radius 1 is 0.885 bits per heavy atom. The van der Waals surface area contributed by atoms with Crippen LogP contribution in [0, 0.1) is 5.92 Å². The normalized spacial score (nSPS) is 22.4. The SMILES string of the molecule is O[C@@H]1C=C[C@@H]([C@@H](COCc2ccccc2)OCc2ccccc2)C1(F)F. The van der Waals surface area contributed by atoms with Gasteiger partial charge in [-0.2, -0.15) is 0 Å². The van der Waals surface area contributed by atoms with Gasteiger partial charge in [0.2, 0.25) is 0 Å². The van der Waals surface area contributed by atoms with Crippen molar-refractivity contribution in [3.05, 3.63) is 83.9 Å². The molecule has 0 fully saturated rings. The summed E-state index contributed by atoms with van der Waals surface area (Å²) in [6, 6.07) is 18.9. The zero-order valence-corrected chi connectivity index (χ0v) is 14.3. The lowest BCUT2D eigenvalue weighted by atomic mass is 9.97. The van der Waals surface area contributed by atoms with Gasteiger partial charge in [0, 0.05) is 0 Å². The average molecular weight is 360 g/mol. The van der Waals surface area contributed by atoms with Crippen LogP contribution in [0.5, 0.6) is 0 Å². The molecular formula is C21H22F2O3. The van der Waals surface area contributed by atoms with Crippen molar-refractivity contribution in [2.45, 2.75) is 31.3 Å². The summed E-state index contributed by atoms with van der Waals surface area (Å²) < 4.78 is 40.0. The highest BCUT2D eigenvalue weighted by atomic mass is 19.3. The van der Waals surface area contributed by atoms with E-state index in [1.54, 1.807) is 0 Å². The monoisotopic (exact) mass is 360 g/mol. The molecular weight excluding hydrogens is 338 g/mol. The van der Waals surface area contributed by atoms with Gasteiger partial charge in [0.25, 0.3) is 5.92 Å².